The van der Waals surface area contributed by atoms with E-state index >= 15 is 0 Å². The van der Waals surface area contributed by atoms with Crippen LogP contribution in [0.4, 0.5) is 0 Å². The van der Waals surface area contributed by atoms with Gasteiger partial charge in [-0.05, 0) is 65.7 Å². The maximum atomic E-state index is 5.30. The van der Waals surface area contributed by atoms with Crippen LogP contribution in [0.15, 0.2) is 231 Å². The molecule has 13 rings (SSSR count). The summed E-state index contributed by atoms with van der Waals surface area (Å²) < 4.78 is 4.55. The van der Waals surface area contributed by atoms with Crippen LogP contribution < -0.4 is 0 Å². The molecule has 0 unspecified atom stereocenters. The fourth-order valence-electron chi connectivity index (χ4n) is 9.49. The van der Waals surface area contributed by atoms with Crippen LogP contribution in [0.1, 0.15) is 0 Å². The van der Waals surface area contributed by atoms with Gasteiger partial charge in [-0.3, -0.25) is 4.57 Å². The molecule has 0 fully saturated rings. The number of hydrogen-bond acceptors (Lipinski definition) is 6. The van der Waals surface area contributed by atoms with Crippen molar-refractivity contribution in [1.82, 2.24) is 39.0 Å². The molecule has 0 atom stereocenters. The molecule has 9 aromatic carbocycles. The van der Waals surface area contributed by atoms with E-state index in [1.807, 2.05) is 97.1 Å². The third-order valence-electron chi connectivity index (χ3n) is 12.6. The van der Waals surface area contributed by atoms with Crippen molar-refractivity contribution in [3.05, 3.63) is 231 Å². The first kappa shape index (κ1) is 39.0. The molecular weight excluding hydrogens is 833 g/mol. The number of benzene rings is 9. The second-order valence-corrected chi connectivity index (χ2v) is 16.7. The number of aromatic nitrogens is 8. The van der Waals surface area contributed by atoms with Gasteiger partial charge in [-0.25, -0.2) is 19.9 Å². The van der Waals surface area contributed by atoms with E-state index in [9.17, 15) is 0 Å². The van der Waals surface area contributed by atoms with Gasteiger partial charge in [0.1, 0.15) is 0 Å². The third kappa shape index (κ3) is 6.70. The lowest BCUT2D eigenvalue weighted by Crippen LogP contribution is -2.06. The summed E-state index contributed by atoms with van der Waals surface area (Å²) in [6.07, 6.45) is 0. The quantitative estimate of drug-likeness (QED) is 0.151. The van der Waals surface area contributed by atoms with E-state index in [1.54, 1.807) is 0 Å². The maximum Gasteiger partial charge on any atom is 0.238 e. The highest BCUT2D eigenvalue weighted by molar-refractivity contribution is 6.28. The molecule has 68 heavy (non-hydrogen) atoms. The molecule has 4 aromatic heterocycles. The SMILES string of the molecule is c1ccc(-c2cccc(-c3nc(-c4ccccc4)nc(-n4c5ccccc5c5c6c7ccccc7n(-c7ccc(-c8nc(-c9ccccc9)nc(-c9ccccc9)n8)cc7)c6ccc54)n3)c2)cc1. The minimum Gasteiger partial charge on any atom is -0.309 e. The Labute approximate surface area is 391 Å². The van der Waals surface area contributed by atoms with Crippen LogP contribution >= 0.6 is 0 Å². The first-order valence-corrected chi connectivity index (χ1v) is 22.6. The van der Waals surface area contributed by atoms with Gasteiger partial charge < -0.3 is 4.57 Å². The van der Waals surface area contributed by atoms with Crippen LogP contribution in [0.2, 0.25) is 0 Å². The van der Waals surface area contributed by atoms with Gasteiger partial charge in [-0.1, -0.05) is 176 Å². The van der Waals surface area contributed by atoms with Crippen molar-refractivity contribution in [2.24, 2.45) is 0 Å². The van der Waals surface area contributed by atoms with Crippen LogP contribution in [0.3, 0.4) is 0 Å². The van der Waals surface area contributed by atoms with E-state index in [2.05, 4.69) is 143 Å². The van der Waals surface area contributed by atoms with Crippen LogP contribution in [0.5, 0.6) is 0 Å². The van der Waals surface area contributed by atoms with Crippen molar-refractivity contribution in [2.75, 3.05) is 0 Å². The van der Waals surface area contributed by atoms with Gasteiger partial charge >= 0.3 is 0 Å². The van der Waals surface area contributed by atoms with E-state index < -0.39 is 0 Å². The van der Waals surface area contributed by atoms with Gasteiger partial charge in [-0.15, -0.1) is 0 Å². The van der Waals surface area contributed by atoms with Crippen molar-refractivity contribution >= 4 is 43.6 Å². The van der Waals surface area contributed by atoms with Gasteiger partial charge in [0.05, 0.1) is 22.1 Å². The fraction of sp³-hybridized carbons (Fsp3) is 0. The third-order valence-corrected chi connectivity index (χ3v) is 12.6. The zero-order valence-corrected chi connectivity index (χ0v) is 36.5. The van der Waals surface area contributed by atoms with Crippen molar-refractivity contribution in [3.8, 4) is 79.7 Å². The first-order chi connectivity index (χ1) is 33.7. The average Bonchev–Trinajstić information content (AvgIpc) is 3.95. The predicted molar refractivity (Wildman–Crippen MR) is 275 cm³/mol. The largest absolute Gasteiger partial charge is 0.309 e. The Hall–Kier alpha value is -9.40. The lowest BCUT2D eigenvalue weighted by atomic mass is 10.0. The van der Waals surface area contributed by atoms with Crippen molar-refractivity contribution in [3.63, 3.8) is 0 Å². The summed E-state index contributed by atoms with van der Waals surface area (Å²) in [6, 6.07) is 79.3. The van der Waals surface area contributed by atoms with E-state index in [-0.39, 0.29) is 0 Å². The second kappa shape index (κ2) is 16.2. The number of rotatable bonds is 8. The average molecular weight is 871 g/mol. The van der Waals surface area contributed by atoms with Gasteiger partial charge in [-0.2, -0.15) is 9.97 Å². The summed E-state index contributed by atoms with van der Waals surface area (Å²) in [5, 5.41) is 4.55. The number of hydrogen-bond donors (Lipinski definition) is 0. The smallest absolute Gasteiger partial charge is 0.238 e. The lowest BCUT2D eigenvalue weighted by molar-refractivity contribution is 0.953. The monoisotopic (exact) mass is 870 g/mol. The van der Waals surface area contributed by atoms with E-state index in [4.69, 9.17) is 29.9 Å². The summed E-state index contributed by atoms with van der Waals surface area (Å²) in [5.41, 5.74) is 12.0. The fourth-order valence-corrected chi connectivity index (χ4v) is 9.49. The molecule has 8 heteroatoms. The maximum absolute atomic E-state index is 5.30. The van der Waals surface area contributed by atoms with Gasteiger partial charge in [0.2, 0.25) is 5.95 Å². The highest BCUT2D eigenvalue weighted by atomic mass is 15.2. The normalized spacial score (nSPS) is 11.5. The Morgan fingerprint density at radius 1 is 0.235 bits per heavy atom. The first-order valence-electron chi connectivity index (χ1n) is 22.6. The van der Waals surface area contributed by atoms with Crippen LogP contribution in [0.25, 0.3) is 123 Å². The Bertz CT molecular complexity index is 3940. The van der Waals surface area contributed by atoms with E-state index in [0.29, 0.717) is 35.1 Å². The molecule has 0 radical (unpaired) electrons. The minimum atomic E-state index is 0.549. The molecule has 4 heterocycles. The number of nitrogens with zero attached hydrogens (tertiary/aromatic N) is 8. The molecule has 0 spiro atoms. The molecule has 0 aliphatic carbocycles. The topological polar surface area (TPSA) is 87.2 Å². The summed E-state index contributed by atoms with van der Waals surface area (Å²) in [7, 11) is 0. The molecule has 0 aliphatic rings. The van der Waals surface area contributed by atoms with Gasteiger partial charge in [0, 0.05) is 55.0 Å². The molecule has 0 aliphatic heterocycles. The Morgan fingerprint density at radius 2 is 0.603 bits per heavy atom. The summed E-state index contributed by atoms with van der Waals surface area (Å²) in [6.45, 7) is 0. The van der Waals surface area contributed by atoms with Crippen LogP contribution in [-0.4, -0.2) is 39.0 Å². The number of fused-ring (bicyclic) bond motifs is 7. The standard InChI is InChI=1S/C60H38N8/c1-5-18-39(19-6-1)44-26-17-27-45(38-44)59-64-58(42-24-11-4-12-25-42)65-60(66-59)68-50-31-16-14-29-48(50)54-52(68)37-36-51-53(54)47-28-13-15-30-49(47)67(51)46-34-32-43(33-35-46)57-62-55(40-20-7-2-8-21-40)61-56(63-57)41-22-9-3-10-23-41/h1-38H. The van der Waals surface area contributed by atoms with Crippen molar-refractivity contribution in [1.29, 1.82) is 0 Å². The molecule has 0 saturated carbocycles. The Morgan fingerprint density at radius 3 is 1.12 bits per heavy atom. The highest BCUT2D eigenvalue weighted by Crippen LogP contribution is 2.42. The second-order valence-electron chi connectivity index (χ2n) is 16.7. The molecule has 0 bridgehead atoms. The van der Waals surface area contributed by atoms with Gasteiger partial charge in [0.15, 0.2) is 29.1 Å². The Balaban J connectivity index is 0.984. The molecule has 8 nitrogen and oxygen atoms in total. The van der Waals surface area contributed by atoms with Crippen LogP contribution in [-0.2, 0) is 0 Å². The summed E-state index contributed by atoms with van der Waals surface area (Å²) in [5.74, 6) is 3.63. The van der Waals surface area contributed by atoms with E-state index in [0.717, 1.165) is 88.2 Å². The summed E-state index contributed by atoms with van der Waals surface area (Å²) in [4.78, 5) is 30.6. The molecule has 0 N–H and O–H groups in total. The molecule has 0 amide bonds. The van der Waals surface area contributed by atoms with E-state index in [1.165, 1.54) is 0 Å². The molecule has 0 saturated heterocycles. The molecule has 13 aromatic rings. The predicted octanol–water partition coefficient (Wildman–Crippen LogP) is 14.3. The highest BCUT2D eigenvalue weighted by Gasteiger charge is 2.23. The van der Waals surface area contributed by atoms with Gasteiger partial charge in [0.25, 0.3) is 0 Å². The Kier molecular flexibility index (Phi) is 9.31. The lowest BCUT2D eigenvalue weighted by Gasteiger charge is -2.12. The number of para-hydroxylation sites is 2. The van der Waals surface area contributed by atoms with Crippen LogP contribution in [0, 0.1) is 0 Å². The zero-order chi connectivity index (χ0) is 45.0. The molecular formula is C60H38N8. The van der Waals surface area contributed by atoms with Crippen molar-refractivity contribution in [2.45, 2.75) is 0 Å². The zero-order valence-electron chi connectivity index (χ0n) is 36.5. The van der Waals surface area contributed by atoms with Crippen molar-refractivity contribution < 1.29 is 0 Å². The minimum absolute atomic E-state index is 0.549. The summed E-state index contributed by atoms with van der Waals surface area (Å²) >= 11 is 0. The molecule has 318 valence electrons.